The summed E-state index contributed by atoms with van der Waals surface area (Å²) in [7, 11) is 0. The SMILES string of the molecule is CCOC(=O)C(=O)OCCC(C)CCC=C(C)C. The van der Waals surface area contributed by atoms with Gasteiger partial charge in [-0.05, 0) is 46.0 Å². The minimum Gasteiger partial charge on any atom is -0.458 e. The molecule has 0 aromatic rings. The fourth-order valence-corrected chi connectivity index (χ4v) is 1.40. The molecular formula is C14H24O4. The molecule has 0 radical (unpaired) electrons. The monoisotopic (exact) mass is 256 g/mol. The fraction of sp³-hybridized carbons (Fsp3) is 0.714. The molecule has 0 fully saturated rings. The summed E-state index contributed by atoms with van der Waals surface area (Å²) in [5.74, 6) is -1.33. The summed E-state index contributed by atoms with van der Waals surface area (Å²) in [6.45, 7) is 8.37. The van der Waals surface area contributed by atoms with Crippen LogP contribution in [-0.2, 0) is 19.1 Å². The maximum Gasteiger partial charge on any atom is 0.417 e. The van der Waals surface area contributed by atoms with E-state index in [1.165, 1.54) is 5.57 Å². The van der Waals surface area contributed by atoms with E-state index in [0.717, 1.165) is 19.3 Å². The van der Waals surface area contributed by atoms with Crippen molar-refractivity contribution in [3.63, 3.8) is 0 Å². The normalized spacial score (nSPS) is 11.6. The summed E-state index contributed by atoms with van der Waals surface area (Å²) in [5.41, 5.74) is 1.32. The molecule has 0 aliphatic heterocycles. The molecular weight excluding hydrogens is 232 g/mol. The van der Waals surface area contributed by atoms with Gasteiger partial charge >= 0.3 is 11.9 Å². The van der Waals surface area contributed by atoms with E-state index < -0.39 is 11.9 Å². The highest BCUT2D eigenvalue weighted by Gasteiger charge is 2.16. The lowest BCUT2D eigenvalue weighted by Gasteiger charge is -2.10. The van der Waals surface area contributed by atoms with Crippen LogP contribution >= 0.6 is 0 Å². The zero-order valence-corrected chi connectivity index (χ0v) is 11.8. The second-order valence-corrected chi connectivity index (χ2v) is 4.61. The first-order chi connectivity index (χ1) is 8.47. The Kier molecular flexibility index (Phi) is 8.97. The van der Waals surface area contributed by atoms with Crippen molar-refractivity contribution in [2.75, 3.05) is 13.2 Å². The van der Waals surface area contributed by atoms with Crippen molar-refractivity contribution in [3.8, 4) is 0 Å². The lowest BCUT2D eigenvalue weighted by Crippen LogP contribution is -2.21. The maximum atomic E-state index is 11.1. The predicted octanol–water partition coefficient (Wildman–Crippen LogP) is 2.87. The molecule has 0 N–H and O–H groups in total. The van der Waals surface area contributed by atoms with E-state index in [1.54, 1.807) is 6.92 Å². The van der Waals surface area contributed by atoms with E-state index in [0.29, 0.717) is 5.92 Å². The Morgan fingerprint density at radius 1 is 1.11 bits per heavy atom. The quantitative estimate of drug-likeness (QED) is 0.399. The molecule has 1 unspecified atom stereocenters. The molecule has 0 aromatic carbocycles. The highest BCUT2D eigenvalue weighted by molar-refractivity contribution is 6.29. The van der Waals surface area contributed by atoms with E-state index in [9.17, 15) is 9.59 Å². The van der Waals surface area contributed by atoms with Gasteiger partial charge in [-0.3, -0.25) is 0 Å². The van der Waals surface area contributed by atoms with E-state index in [4.69, 9.17) is 4.74 Å². The van der Waals surface area contributed by atoms with Crippen molar-refractivity contribution < 1.29 is 19.1 Å². The Hall–Kier alpha value is -1.32. The van der Waals surface area contributed by atoms with Gasteiger partial charge in [0, 0.05) is 0 Å². The van der Waals surface area contributed by atoms with E-state index in [1.807, 2.05) is 0 Å². The standard InChI is InChI=1S/C14H24O4/c1-5-17-13(15)14(16)18-10-9-12(4)8-6-7-11(2)3/h7,12H,5-6,8-10H2,1-4H3. The highest BCUT2D eigenvalue weighted by atomic mass is 16.6. The van der Waals surface area contributed by atoms with E-state index in [2.05, 4.69) is 31.6 Å². The second kappa shape index (κ2) is 9.68. The highest BCUT2D eigenvalue weighted by Crippen LogP contribution is 2.11. The summed E-state index contributed by atoms with van der Waals surface area (Å²) in [6, 6.07) is 0. The number of rotatable bonds is 7. The van der Waals surface area contributed by atoms with Crippen molar-refractivity contribution >= 4 is 11.9 Å². The zero-order valence-electron chi connectivity index (χ0n) is 11.8. The first-order valence-electron chi connectivity index (χ1n) is 6.44. The molecule has 104 valence electrons. The molecule has 0 rings (SSSR count). The molecule has 1 atom stereocenters. The molecule has 4 nitrogen and oxygen atoms in total. The lowest BCUT2D eigenvalue weighted by atomic mass is 10.0. The summed E-state index contributed by atoms with van der Waals surface area (Å²) in [5, 5.41) is 0. The van der Waals surface area contributed by atoms with Gasteiger partial charge in [0.1, 0.15) is 0 Å². The van der Waals surface area contributed by atoms with Gasteiger partial charge in [-0.15, -0.1) is 0 Å². The van der Waals surface area contributed by atoms with Crippen LogP contribution in [0.25, 0.3) is 0 Å². The van der Waals surface area contributed by atoms with Gasteiger partial charge in [0.25, 0.3) is 0 Å². The molecule has 0 saturated heterocycles. The second-order valence-electron chi connectivity index (χ2n) is 4.61. The fourth-order valence-electron chi connectivity index (χ4n) is 1.40. The summed E-state index contributed by atoms with van der Waals surface area (Å²) < 4.78 is 9.36. The minimum absolute atomic E-state index is 0.188. The molecule has 0 bridgehead atoms. The van der Waals surface area contributed by atoms with E-state index >= 15 is 0 Å². The number of carbonyl (C=O) groups is 2. The van der Waals surface area contributed by atoms with Crippen LogP contribution < -0.4 is 0 Å². The Balaban J connectivity index is 3.67. The molecule has 0 aliphatic carbocycles. The molecule has 0 spiro atoms. The van der Waals surface area contributed by atoms with Crippen molar-refractivity contribution in [2.45, 2.75) is 47.0 Å². The third-order valence-electron chi connectivity index (χ3n) is 2.50. The number of carbonyl (C=O) groups excluding carboxylic acids is 2. The third kappa shape index (κ3) is 8.79. The predicted molar refractivity (Wildman–Crippen MR) is 70.0 cm³/mol. The lowest BCUT2D eigenvalue weighted by molar-refractivity contribution is -0.167. The zero-order chi connectivity index (χ0) is 14.0. The summed E-state index contributed by atoms with van der Waals surface area (Å²) in [4.78, 5) is 22.1. The smallest absolute Gasteiger partial charge is 0.417 e. The first-order valence-corrected chi connectivity index (χ1v) is 6.44. The molecule has 0 saturated carbocycles. The molecule has 18 heavy (non-hydrogen) atoms. The summed E-state index contributed by atoms with van der Waals surface area (Å²) >= 11 is 0. The Bertz CT molecular complexity index is 290. The van der Waals surface area contributed by atoms with Crippen LogP contribution in [0.2, 0.25) is 0 Å². The van der Waals surface area contributed by atoms with E-state index in [-0.39, 0.29) is 13.2 Å². The van der Waals surface area contributed by atoms with Crippen LogP contribution in [0.5, 0.6) is 0 Å². The van der Waals surface area contributed by atoms with Gasteiger partial charge < -0.3 is 9.47 Å². The van der Waals surface area contributed by atoms with Gasteiger partial charge in [-0.25, -0.2) is 9.59 Å². The molecule has 0 heterocycles. The average molecular weight is 256 g/mol. The topological polar surface area (TPSA) is 52.6 Å². The van der Waals surface area contributed by atoms with Crippen LogP contribution in [0.4, 0.5) is 0 Å². The number of esters is 2. The number of hydrogen-bond acceptors (Lipinski definition) is 4. The molecule has 0 amide bonds. The van der Waals surface area contributed by atoms with Gasteiger partial charge in [-0.2, -0.15) is 0 Å². The van der Waals surface area contributed by atoms with Gasteiger partial charge in [0.15, 0.2) is 0 Å². The van der Waals surface area contributed by atoms with Crippen molar-refractivity contribution in [2.24, 2.45) is 5.92 Å². The Labute approximate surface area is 109 Å². The molecule has 4 heteroatoms. The maximum absolute atomic E-state index is 11.1. The summed E-state index contributed by atoms with van der Waals surface area (Å²) in [6.07, 6.45) is 5.06. The average Bonchev–Trinajstić information content (AvgIpc) is 2.28. The Morgan fingerprint density at radius 2 is 1.72 bits per heavy atom. The molecule has 0 aromatic heterocycles. The van der Waals surface area contributed by atoms with Crippen molar-refractivity contribution in [1.29, 1.82) is 0 Å². The van der Waals surface area contributed by atoms with Crippen LogP contribution in [0.15, 0.2) is 11.6 Å². The Morgan fingerprint density at radius 3 is 2.28 bits per heavy atom. The third-order valence-corrected chi connectivity index (χ3v) is 2.50. The van der Waals surface area contributed by atoms with Gasteiger partial charge in [0.2, 0.25) is 0 Å². The van der Waals surface area contributed by atoms with Crippen LogP contribution in [-0.4, -0.2) is 25.2 Å². The van der Waals surface area contributed by atoms with Crippen LogP contribution in [0.3, 0.4) is 0 Å². The largest absolute Gasteiger partial charge is 0.458 e. The minimum atomic E-state index is -0.908. The van der Waals surface area contributed by atoms with Crippen molar-refractivity contribution in [3.05, 3.63) is 11.6 Å². The molecule has 0 aliphatic rings. The number of ether oxygens (including phenoxy) is 2. The van der Waals surface area contributed by atoms with Gasteiger partial charge in [-0.1, -0.05) is 18.6 Å². The van der Waals surface area contributed by atoms with Crippen molar-refractivity contribution in [1.82, 2.24) is 0 Å². The van der Waals surface area contributed by atoms with Crippen LogP contribution in [0.1, 0.15) is 47.0 Å². The van der Waals surface area contributed by atoms with Gasteiger partial charge in [0.05, 0.1) is 13.2 Å². The van der Waals surface area contributed by atoms with Crippen LogP contribution in [0, 0.1) is 5.92 Å². The number of allylic oxidation sites excluding steroid dienone is 2. The first kappa shape index (κ1) is 16.7. The number of hydrogen-bond donors (Lipinski definition) is 0.